The van der Waals surface area contributed by atoms with E-state index in [-0.39, 0.29) is 17.9 Å². The van der Waals surface area contributed by atoms with E-state index in [2.05, 4.69) is 10.3 Å². The third-order valence-corrected chi connectivity index (χ3v) is 3.94. The van der Waals surface area contributed by atoms with Crippen molar-refractivity contribution in [1.82, 2.24) is 10.3 Å². The molecule has 110 valence electrons. The van der Waals surface area contributed by atoms with E-state index in [1.807, 2.05) is 12.3 Å². The summed E-state index contributed by atoms with van der Waals surface area (Å²) in [5.41, 5.74) is 1.87. The molecular weight excluding hydrogens is 288 g/mol. The molecule has 0 bridgehead atoms. The van der Waals surface area contributed by atoms with Crippen LogP contribution in [-0.4, -0.2) is 22.0 Å². The molecule has 0 aliphatic carbocycles. The average Bonchev–Trinajstić information content (AvgIpc) is 2.88. The minimum absolute atomic E-state index is 0.108. The molecule has 0 atom stereocenters. The molecule has 2 rings (SSSR count). The monoisotopic (exact) mass is 304 g/mol. The first kappa shape index (κ1) is 15.2. The van der Waals surface area contributed by atoms with Crippen molar-refractivity contribution < 1.29 is 14.7 Å². The highest BCUT2D eigenvalue weighted by Gasteiger charge is 2.10. The number of hydrogen-bond donors (Lipinski definition) is 2. The molecule has 6 heteroatoms. The van der Waals surface area contributed by atoms with Crippen molar-refractivity contribution >= 4 is 23.2 Å². The quantitative estimate of drug-likeness (QED) is 0.859. The number of rotatable bonds is 6. The van der Waals surface area contributed by atoms with Gasteiger partial charge in [-0.05, 0) is 25.0 Å². The zero-order valence-electron chi connectivity index (χ0n) is 11.6. The zero-order valence-corrected chi connectivity index (χ0v) is 12.4. The lowest BCUT2D eigenvalue weighted by molar-refractivity contribution is -0.121. The summed E-state index contributed by atoms with van der Waals surface area (Å²) in [4.78, 5) is 27.1. The van der Waals surface area contributed by atoms with Crippen molar-refractivity contribution in [2.75, 3.05) is 0 Å². The number of aromatic nitrogens is 1. The van der Waals surface area contributed by atoms with Crippen LogP contribution in [0.25, 0.3) is 0 Å². The molecule has 21 heavy (non-hydrogen) atoms. The van der Waals surface area contributed by atoms with Gasteiger partial charge in [0.25, 0.3) is 0 Å². The number of nitrogens with one attached hydrogen (secondary N) is 1. The predicted molar refractivity (Wildman–Crippen MR) is 80.4 cm³/mol. The van der Waals surface area contributed by atoms with Crippen molar-refractivity contribution in [3.63, 3.8) is 0 Å². The molecule has 2 N–H and O–H groups in total. The topological polar surface area (TPSA) is 79.3 Å². The Morgan fingerprint density at radius 1 is 1.33 bits per heavy atom. The normalized spacial score (nSPS) is 10.3. The van der Waals surface area contributed by atoms with Gasteiger partial charge in [0.2, 0.25) is 5.91 Å². The van der Waals surface area contributed by atoms with E-state index in [0.717, 1.165) is 10.7 Å². The van der Waals surface area contributed by atoms with Crippen molar-refractivity contribution in [3.05, 3.63) is 51.5 Å². The van der Waals surface area contributed by atoms with Gasteiger partial charge in [-0.2, -0.15) is 0 Å². The molecule has 0 fully saturated rings. The van der Waals surface area contributed by atoms with Crippen LogP contribution in [0.5, 0.6) is 0 Å². The molecule has 2 aromatic rings. The van der Waals surface area contributed by atoms with Gasteiger partial charge in [0.05, 0.1) is 12.1 Å². The second kappa shape index (κ2) is 6.99. The molecule has 0 saturated heterocycles. The second-order valence-corrected chi connectivity index (χ2v) is 5.56. The Kier molecular flexibility index (Phi) is 5.05. The van der Waals surface area contributed by atoms with E-state index in [0.29, 0.717) is 18.5 Å². The SMILES string of the molecule is Cc1csc(CNC(=O)CCc2ccccc2C(=O)O)n1. The summed E-state index contributed by atoms with van der Waals surface area (Å²) in [6, 6.07) is 6.74. The van der Waals surface area contributed by atoms with Crippen LogP contribution in [0, 0.1) is 6.92 Å². The van der Waals surface area contributed by atoms with E-state index < -0.39 is 5.97 Å². The predicted octanol–water partition coefficient (Wildman–Crippen LogP) is 2.40. The number of amides is 1. The highest BCUT2D eigenvalue weighted by molar-refractivity contribution is 7.09. The van der Waals surface area contributed by atoms with Gasteiger partial charge in [-0.3, -0.25) is 4.79 Å². The number of carbonyl (C=O) groups is 2. The molecule has 5 nitrogen and oxygen atoms in total. The number of thiazole rings is 1. The van der Waals surface area contributed by atoms with Crippen molar-refractivity contribution in [3.8, 4) is 0 Å². The summed E-state index contributed by atoms with van der Waals surface area (Å²) in [6.45, 7) is 2.32. The van der Waals surface area contributed by atoms with Crippen molar-refractivity contribution in [2.45, 2.75) is 26.3 Å². The number of nitrogens with zero attached hydrogens (tertiary/aromatic N) is 1. The molecule has 0 radical (unpaired) electrons. The molecule has 1 aromatic heterocycles. The van der Waals surface area contributed by atoms with Crippen LogP contribution in [-0.2, 0) is 17.8 Å². The number of benzene rings is 1. The van der Waals surface area contributed by atoms with E-state index in [4.69, 9.17) is 5.11 Å². The lowest BCUT2D eigenvalue weighted by atomic mass is 10.0. The van der Waals surface area contributed by atoms with E-state index in [1.54, 1.807) is 24.3 Å². The van der Waals surface area contributed by atoms with Crippen LogP contribution in [0.15, 0.2) is 29.6 Å². The number of carboxylic acid groups (broad SMARTS) is 1. The molecule has 1 heterocycles. The Morgan fingerprint density at radius 2 is 2.10 bits per heavy atom. The highest BCUT2D eigenvalue weighted by Crippen LogP contribution is 2.12. The molecule has 0 unspecified atom stereocenters. The number of carboxylic acids is 1. The fourth-order valence-electron chi connectivity index (χ4n) is 1.94. The fraction of sp³-hybridized carbons (Fsp3) is 0.267. The van der Waals surface area contributed by atoms with Crippen LogP contribution in [0.2, 0.25) is 0 Å². The number of aryl methyl sites for hydroxylation is 2. The van der Waals surface area contributed by atoms with Crippen molar-refractivity contribution in [2.24, 2.45) is 0 Å². The zero-order chi connectivity index (χ0) is 15.2. The Bertz CT molecular complexity index is 652. The molecule has 0 spiro atoms. The number of carbonyl (C=O) groups excluding carboxylic acids is 1. The van der Waals surface area contributed by atoms with Crippen LogP contribution in [0.1, 0.15) is 33.0 Å². The van der Waals surface area contributed by atoms with Gasteiger partial charge in [0.15, 0.2) is 0 Å². The van der Waals surface area contributed by atoms with Gasteiger partial charge >= 0.3 is 5.97 Å². The van der Waals surface area contributed by atoms with Gasteiger partial charge in [-0.25, -0.2) is 9.78 Å². The third kappa shape index (κ3) is 4.39. The first-order valence-corrected chi connectivity index (χ1v) is 7.43. The minimum atomic E-state index is -0.968. The van der Waals surface area contributed by atoms with Crippen LogP contribution < -0.4 is 5.32 Å². The third-order valence-electron chi connectivity index (χ3n) is 2.97. The average molecular weight is 304 g/mol. The van der Waals surface area contributed by atoms with E-state index in [9.17, 15) is 9.59 Å². The standard InChI is InChI=1S/C15H16N2O3S/c1-10-9-21-14(17-10)8-16-13(18)7-6-11-4-2-3-5-12(11)15(19)20/h2-5,9H,6-8H2,1H3,(H,16,18)(H,19,20). The van der Waals surface area contributed by atoms with Crippen LogP contribution >= 0.6 is 11.3 Å². The Hall–Kier alpha value is -2.21. The summed E-state index contributed by atoms with van der Waals surface area (Å²) >= 11 is 1.51. The lowest BCUT2D eigenvalue weighted by Gasteiger charge is -2.06. The summed E-state index contributed by atoms with van der Waals surface area (Å²) in [5, 5.41) is 14.7. The smallest absolute Gasteiger partial charge is 0.335 e. The summed E-state index contributed by atoms with van der Waals surface area (Å²) in [7, 11) is 0. The number of aromatic carboxylic acids is 1. The molecule has 1 aromatic carbocycles. The summed E-state index contributed by atoms with van der Waals surface area (Å²) in [6.07, 6.45) is 0.667. The van der Waals surface area contributed by atoms with E-state index >= 15 is 0 Å². The van der Waals surface area contributed by atoms with Gasteiger partial charge in [0, 0.05) is 17.5 Å². The Morgan fingerprint density at radius 3 is 2.76 bits per heavy atom. The van der Waals surface area contributed by atoms with Gasteiger partial charge in [0.1, 0.15) is 5.01 Å². The molecule has 0 aliphatic heterocycles. The van der Waals surface area contributed by atoms with Gasteiger partial charge in [-0.15, -0.1) is 11.3 Å². The van der Waals surface area contributed by atoms with Gasteiger partial charge in [-0.1, -0.05) is 18.2 Å². The minimum Gasteiger partial charge on any atom is -0.478 e. The maximum absolute atomic E-state index is 11.8. The Balaban J connectivity index is 1.85. The summed E-state index contributed by atoms with van der Waals surface area (Å²) < 4.78 is 0. The maximum Gasteiger partial charge on any atom is 0.335 e. The number of hydrogen-bond acceptors (Lipinski definition) is 4. The first-order chi connectivity index (χ1) is 10.1. The largest absolute Gasteiger partial charge is 0.478 e. The maximum atomic E-state index is 11.8. The fourth-order valence-corrected chi connectivity index (χ4v) is 2.65. The highest BCUT2D eigenvalue weighted by atomic mass is 32.1. The molecule has 0 aliphatic rings. The van der Waals surface area contributed by atoms with Crippen LogP contribution in [0.3, 0.4) is 0 Å². The summed E-state index contributed by atoms with van der Waals surface area (Å²) in [5.74, 6) is -1.08. The van der Waals surface area contributed by atoms with Crippen LogP contribution in [0.4, 0.5) is 0 Å². The molecule has 0 saturated carbocycles. The Labute approximate surface area is 126 Å². The molecular formula is C15H16N2O3S. The first-order valence-electron chi connectivity index (χ1n) is 6.55. The van der Waals surface area contributed by atoms with Gasteiger partial charge < -0.3 is 10.4 Å². The van der Waals surface area contributed by atoms with Crippen molar-refractivity contribution in [1.29, 1.82) is 0 Å². The molecule has 1 amide bonds. The van der Waals surface area contributed by atoms with E-state index in [1.165, 1.54) is 11.3 Å². The second-order valence-electron chi connectivity index (χ2n) is 4.62. The lowest BCUT2D eigenvalue weighted by Crippen LogP contribution is -2.23.